The molecule has 0 aliphatic heterocycles. The number of hydrazine groups is 1. The third-order valence-corrected chi connectivity index (χ3v) is 2.23. The topological polar surface area (TPSA) is 86.1 Å². The van der Waals surface area contributed by atoms with Crippen LogP contribution in [0.4, 0.5) is 5.82 Å². The molecule has 7 nitrogen and oxygen atoms in total. The molecule has 0 aliphatic carbocycles. The van der Waals surface area contributed by atoms with Crippen molar-refractivity contribution in [2.45, 2.75) is 0 Å². The van der Waals surface area contributed by atoms with Gasteiger partial charge in [-0.2, -0.15) is 5.10 Å². The number of rotatable bonds is 2. The summed E-state index contributed by atoms with van der Waals surface area (Å²) in [5.41, 5.74) is 3.24. The second-order valence-corrected chi connectivity index (χ2v) is 3.20. The number of nitrogen functional groups attached to an aromatic ring is 1. The Bertz CT molecular complexity index is 610. The molecule has 0 aromatic carbocycles. The average Bonchev–Trinajstić information content (AvgIpc) is 2.98. The number of nitrogens with one attached hydrogen (secondary N) is 1. The average molecular weight is 215 g/mol. The molecular formula is C9H9N7. The van der Waals surface area contributed by atoms with Crippen LogP contribution in [0.3, 0.4) is 0 Å². The summed E-state index contributed by atoms with van der Waals surface area (Å²) in [6.07, 6.45) is 8.77. The predicted octanol–water partition coefficient (Wildman–Crippen LogP) is 0.201. The van der Waals surface area contributed by atoms with Crippen molar-refractivity contribution in [3.63, 3.8) is 0 Å². The molecule has 0 saturated carbocycles. The lowest BCUT2D eigenvalue weighted by Crippen LogP contribution is -2.12. The molecule has 3 aromatic rings. The molecule has 80 valence electrons. The number of hydrogen-bond acceptors (Lipinski definition) is 5. The van der Waals surface area contributed by atoms with Crippen LogP contribution in [0.5, 0.6) is 0 Å². The van der Waals surface area contributed by atoms with E-state index in [2.05, 4.69) is 20.5 Å². The van der Waals surface area contributed by atoms with E-state index in [0.29, 0.717) is 11.6 Å². The van der Waals surface area contributed by atoms with E-state index >= 15 is 0 Å². The van der Waals surface area contributed by atoms with Gasteiger partial charge in [0.1, 0.15) is 0 Å². The molecule has 16 heavy (non-hydrogen) atoms. The zero-order chi connectivity index (χ0) is 11.0. The maximum Gasteiger partial charge on any atom is 0.199 e. The smallest absolute Gasteiger partial charge is 0.199 e. The number of nitrogens with zero attached hydrogens (tertiary/aromatic N) is 5. The summed E-state index contributed by atoms with van der Waals surface area (Å²) >= 11 is 0. The molecule has 3 rings (SSSR count). The van der Waals surface area contributed by atoms with Gasteiger partial charge in [0.15, 0.2) is 17.3 Å². The van der Waals surface area contributed by atoms with Gasteiger partial charge in [-0.15, -0.1) is 0 Å². The number of nitrogens with two attached hydrogens (primary N) is 1. The van der Waals surface area contributed by atoms with Gasteiger partial charge in [0.2, 0.25) is 0 Å². The van der Waals surface area contributed by atoms with Crippen LogP contribution in [-0.4, -0.2) is 24.1 Å². The van der Waals surface area contributed by atoms with E-state index in [1.807, 2.05) is 16.7 Å². The van der Waals surface area contributed by atoms with E-state index in [4.69, 9.17) is 5.84 Å². The van der Waals surface area contributed by atoms with E-state index in [1.165, 1.54) is 0 Å². The van der Waals surface area contributed by atoms with Crippen molar-refractivity contribution >= 4 is 11.5 Å². The minimum absolute atomic E-state index is 0.552. The van der Waals surface area contributed by atoms with Crippen molar-refractivity contribution < 1.29 is 0 Å². The first-order valence-corrected chi connectivity index (χ1v) is 4.69. The van der Waals surface area contributed by atoms with Crippen molar-refractivity contribution in [3.05, 3.63) is 37.1 Å². The Labute approximate surface area is 90.5 Å². The monoisotopic (exact) mass is 215 g/mol. The number of aromatic nitrogens is 5. The van der Waals surface area contributed by atoms with Gasteiger partial charge in [-0.25, -0.2) is 20.5 Å². The highest BCUT2D eigenvalue weighted by molar-refractivity contribution is 5.57. The lowest BCUT2D eigenvalue weighted by Gasteiger charge is -2.06. The first-order chi connectivity index (χ1) is 7.88. The van der Waals surface area contributed by atoms with Gasteiger partial charge in [-0.3, -0.25) is 0 Å². The molecule has 0 radical (unpaired) electrons. The van der Waals surface area contributed by atoms with E-state index in [1.54, 1.807) is 29.5 Å². The van der Waals surface area contributed by atoms with Crippen LogP contribution >= 0.6 is 0 Å². The van der Waals surface area contributed by atoms with Crippen LogP contribution in [0.2, 0.25) is 0 Å². The summed E-state index contributed by atoms with van der Waals surface area (Å²) in [6.45, 7) is 0. The van der Waals surface area contributed by atoms with Gasteiger partial charge in [0.25, 0.3) is 0 Å². The molecule has 0 amide bonds. The Balaban J connectivity index is 2.33. The lowest BCUT2D eigenvalue weighted by atomic mass is 10.5. The second-order valence-electron chi connectivity index (χ2n) is 3.20. The lowest BCUT2D eigenvalue weighted by molar-refractivity contribution is 0.842. The van der Waals surface area contributed by atoms with Crippen LogP contribution in [-0.2, 0) is 0 Å². The van der Waals surface area contributed by atoms with Crippen molar-refractivity contribution in [1.29, 1.82) is 0 Å². The molecule has 0 atom stereocenters. The highest BCUT2D eigenvalue weighted by Gasteiger charge is 2.08. The summed E-state index contributed by atoms with van der Waals surface area (Å²) < 4.78 is 3.47. The minimum Gasteiger partial charge on any atom is -0.307 e. The highest BCUT2D eigenvalue weighted by Crippen LogP contribution is 2.14. The first kappa shape index (κ1) is 8.86. The predicted molar refractivity (Wildman–Crippen MR) is 57.9 cm³/mol. The number of anilines is 1. The summed E-state index contributed by atoms with van der Waals surface area (Å²) in [6, 6.07) is 1.82. The van der Waals surface area contributed by atoms with Crippen molar-refractivity contribution in [1.82, 2.24) is 24.1 Å². The second kappa shape index (κ2) is 3.31. The summed E-state index contributed by atoms with van der Waals surface area (Å²) in [5.74, 6) is 6.54. The van der Waals surface area contributed by atoms with Crippen molar-refractivity contribution in [2.24, 2.45) is 5.84 Å². The van der Waals surface area contributed by atoms with E-state index in [-0.39, 0.29) is 0 Å². The van der Waals surface area contributed by atoms with E-state index in [9.17, 15) is 0 Å². The first-order valence-electron chi connectivity index (χ1n) is 4.69. The molecule has 0 fully saturated rings. The number of imidazole rings is 1. The molecule has 0 unspecified atom stereocenters. The Morgan fingerprint density at radius 1 is 1.25 bits per heavy atom. The highest BCUT2D eigenvalue weighted by atomic mass is 15.3. The zero-order valence-electron chi connectivity index (χ0n) is 8.28. The molecule has 7 heteroatoms. The molecule has 0 bridgehead atoms. The molecule has 0 spiro atoms. The van der Waals surface area contributed by atoms with Crippen molar-refractivity contribution in [2.75, 3.05) is 5.43 Å². The maximum atomic E-state index is 5.36. The maximum absolute atomic E-state index is 5.36. The van der Waals surface area contributed by atoms with Gasteiger partial charge in [0.05, 0.1) is 6.20 Å². The fourth-order valence-electron chi connectivity index (χ4n) is 1.53. The quantitative estimate of drug-likeness (QED) is 0.471. The molecule has 0 saturated heterocycles. The summed E-state index contributed by atoms with van der Waals surface area (Å²) in [5, 5.41) is 4.12. The third-order valence-electron chi connectivity index (χ3n) is 2.23. The summed E-state index contributed by atoms with van der Waals surface area (Å²) in [4.78, 5) is 8.54. The SMILES string of the molecule is NNc1cn2ccnc2c(-n2cccn2)n1. The Morgan fingerprint density at radius 3 is 2.94 bits per heavy atom. The normalized spacial score (nSPS) is 10.8. The minimum atomic E-state index is 0.552. The summed E-state index contributed by atoms with van der Waals surface area (Å²) in [7, 11) is 0. The fraction of sp³-hybridized carbons (Fsp3) is 0. The number of hydrogen-bond donors (Lipinski definition) is 2. The Morgan fingerprint density at radius 2 is 2.19 bits per heavy atom. The molecule has 0 aliphatic rings. The van der Waals surface area contributed by atoms with Gasteiger partial charge >= 0.3 is 0 Å². The van der Waals surface area contributed by atoms with Gasteiger partial charge in [-0.1, -0.05) is 0 Å². The van der Waals surface area contributed by atoms with Gasteiger partial charge < -0.3 is 9.83 Å². The third kappa shape index (κ3) is 1.22. The number of fused-ring (bicyclic) bond motifs is 1. The van der Waals surface area contributed by atoms with E-state index in [0.717, 1.165) is 5.65 Å². The van der Waals surface area contributed by atoms with E-state index < -0.39 is 0 Å². The van der Waals surface area contributed by atoms with Gasteiger partial charge in [-0.05, 0) is 6.07 Å². The zero-order valence-corrected chi connectivity index (χ0v) is 8.28. The fourth-order valence-corrected chi connectivity index (χ4v) is 1.53. The van der Waals surface area contributed by atoms with Crippen LogP contribution in [0.1, 0.15) is 0 Å². The molecule has 3 aromatic heterocycles. The van der Waals surface area contributed by atoms with Gasteiger partial charge in [0, 0.05) is 24.8 Å². The van der Waals surface area contributed by atoms with Crippen molar-refractivity contribution in [3.8, 4) is 5.82 Å². The Kier molecular flexibility index (Phi) is 1.84. The molecular weight excluding hydrogens is 206 g/mol. The van der Waals surface area contributed by atoms with Crippen LogP contribution < -0.4 is 11.3 Å². The van der Waals surface area contributed by atoms with Crippen LogP contribution in [0.15, 0.2) is 37.1 Å². The van der Waals surface area contributed by atoms with Crippen LogP contribution in [0.25, 0.3) is 11.5 Å². The standard InChI is InChI=1S/C9H9N7/c10-14-7-6-15-5-3-11-8(15)9(13-7)16-4-1-2-12-16/h1-6,14H,10H2. The molecule has 3 N–H and O–H groups in total. The Hall–Kier alpha value is -2.41. The molecule has 3 heterocycles. The van der Waals surface area contributed by atoms with Crippen LogP contribution in [0, 0.1) is 0 Å². The largest absolute Gasteiger partial charge is 0.307 e.